The summed E-state index contributed by atoms with van der Waals surface area (Å²) < 4.78 is 6.88. The fraction of sp³-hybridized carbons (Fsp3) is 0.304. The van der Waals surface area contributed by atoms with Crippen molar-refractivity contribution in [2.75, 3.05) is 20.2 Å². The van der Waals surface area contributed by atoms with E-state index in [4.69, 9.17) is 4.74 Å². The van der Waals surface area contributed by atoms with E-state index in [9.17, 15) is 19.6 Å². The highest BCUT2D eigenvalue weighted by atomic mass is 16.5. The summed E-state index contributed by atoms with van der Waals surface area (Å²) in [6.45, 7) is 1.44. The molecule has 1 aromatic carbocycles. The molecule has 2 aliphatic rings. The van der Waals surface area contributed by atoms with E-state index in [1.165, 1.54) is 6.08 Å². The molecule has 1 N–H and O–H groups in total. The number of amides is 3. The van der Waals surface area contributed by atoms with Gasteiger partial charge in [0.1, 0.15) is 17.4 Å². The first-order valence-corrected chi connectivity index (χ1v) is 10.0. The number of likely N-dealkylation sites (tertiary alicyclic amines) is 1. The number of nitriles is 1. The van der Waals surface area contributed by atoms with Gasteiger partial charge >= 0.3 is 6.03 Å². The summed E-state index contributed by atoms with van der Waals surface area (Å²) in [5.41, 5.74) is 1.38. The number of rotatable bonds is 3. The molecule has 2 aromatic rings. The highest BCUT2D eigenvalue weighted by Crippen LogP contribution is 2.34. The monoisotopic (exact) mass is 418 g/mol. The second-order valence-electron chi connectivity index (χ2n) is 7.81. The van der Waals surface area contributed by atoms with Gasteiger partial charge in [0.25, 0.3) is 11.5 Å². The van der Waals surface area contributed by atoms with E-state index in [2.05, 4.69) is 5.32 Å². The van der Waals surface area contributed by atoms with Crippen molar-refractivity contribution in [3.05, 3.63) is 69.6 Å². The molecule has 1 aromatic heterocycles. The molecule has 3 amide bonds. The molecule has 2 aliphatic heterocycles. The second-order valence-corrected chi connectivity index (χ2v) is 7.81. The molecule has 8 heteroatoms. The van der Waals surface area contributed by atoms with Crippen LogP contribution in [0.25, 0.3) is 6.08 Å². The fourth-order valence-corrected chi connectivity index (χ4v) is 4.32. The number of fused-ring (bicyclic) bond motifs is 4. The minimum atomic E-state index is -0.740. The number of nitrogens with zero attached hydrogens (tertiary/aromatic N) is 3. The predicted molar refractivity (Wildman–Crippen MR) is 113 cm³/mol. The van der Waals surface area contributed by atoms with Gasteiger partial charge in [0.05, 0.1) is 7.11 Å². The van der Waals surface area contributed by atoms with Crippen LogP contribution >= 0.6 is 0 Å². The van der Waals surface area contributed by atoms with Gasteiger partial charge in [-0.05, 0) is 42.2 Å². The Hall–Kier alpha value is -3.86. The zero-order valence-electron chi connectivity index (χ0n) is 17.1. The summed E-state index contributed by atoms with van der Waals surface area (Å²) in [7, 11) is 1.55. The smallest absolute Gasteiger partial charge is 0.324 e. The first-order valence-electron chi connectivity index (χ1n) is 10.0. The average Bonchev–Trinajstić information content (AvgIpc) is 2.78. The SMILES string of the molecule is COc1ccc(/C=C(/C#N)C(=O)NC(=O)N2C[C@@H]3C[C@H](C2)c2cccc(=O)n2C3)cc1. The third kappa shape index (κ3) is 4.21. The Morgan fingerprint density at radius 3 is 2.65 bits per heavy atom. The normalized spacial score (nSPS) is 19.7. The van der Waals surface area contributed by atoms with Crippen molar-refractivity contribution in [3.63, 3.8) is 0 Å². The molecule has 0 spiro atoms. The van der Waals surface area contributed by atoms with Gasteiger partial charge in [0.2, 0.25) is 0 Å². The van der Waals surface area contributed by atoms with E-state index in [0.29, 0.717) is 30.9 Å². The lowest BCUT2D eigenvalue weighted by Crippen LogP contribution is -2.52. The van der Waals surface area contributed by atoms with Gasteiger partial charge in [0, 0.05) is 37.3 Å². The number of carbonyl (C=O) groups excluding carboxylic acids is 2. The summed E-state index contributed by atoms with van der Waals surface area (Å²) in [5, 5.41) is 11.7. The molecular formula is C23H22N4O4. The van der Waals surface area contributed by atoms with Gasteiger partial charge in [0.15, 0.2) is 0 Å². The minimum Gasteiger partial charge on any atom is -0.497 e. The first-order chi connectivity index (χ1) is 15.0. The van der Waals surface area contributed by atoms with Gasteiger partial charge in [-0.15, -0.1) is 0 Å². The average molecular weight is 418 g/mol. The zero-order valence-corrected chi connectivity index (χ0v) is 17.1. The number of hydrogen-bond acceptors (Lipinski definition) is 5. The molecule has 0 saturated carbocycles. The van der Waals surface area contributed by atoms with Gasteiger partial charge in [-0.1, -0.05) is 18.2 Å². The van der Waals surface area contributed by atoms with Crippen molar-refractivity contribution in [2.45, 2.75) is 18.9 Å². The Kier molecular flexibility index (Phi) is 5.58. The quantitative estimate of drug-likeness (QED) is 0.607. The molecule has 158 valence electrons. The molecule has 0 radical (unpaired) electrons. The first kappa shape index (κ1) is 20.4. The number of ether oxygens (including phenoxy) is 1. The lowest BCUT2D eigenvalue weighted by Gasteiger charge is -2.42. The summed E-state index contributed by atoms with van der Waals surface area (Å²) in [6, 6.07) is 13.4. The van der Waals surface area contributed by atoms with Crippen LogP contribution in [0, 0.1) is 17.2 Å². The standard InChI is InChI=1S/C23H22N4O4/c1-31-19-7-5-15(6-8-19)9-17(11-24)22(29)25-23(30)26-12-16-10-18(14-26)20-3-2-4-21(28)27(20)13-16/h2-9,16,18H,10,12-14H2,1H3,(H,25,29,30)/b17-9-/t16-,18+/m0/s1. The largest absolute Gasteiger partial charge is 0.497 e. The Bertz CT molecular complexity index is 1140. The van der Waals surface area contributed by atoms with Crippen molar-refractivity contribution >= 4 is 18.0 Å². The molecular weight excluding hydrogens is 396 g/mol. The predicted octanol–water partition coefficient (Wildman–Crippen LogP) is 2.12. The summed E-state index contributed by atoms with van der Waals surface area (Å²) in [6.07, 6.45) is 2.33. The van der Waals surface area contributed by atoms with E-state index in [1.54, 1.807) is 53.0 Å². The molecule has 0 unspecified atom stereocenters. The molecule has 8 nitrogen and oxygen atoms in total. The molecule has 1 saturated heterocycles. The Morgan fingerprint density at radius 2 is 1.94 bits per heavy atom. The zero-order chi connectivity index (χ0) is 22.0. The molecule has 0 aliphatic carbocycles. The number of methoxy groups -OCH3 is 1. The van der Waals surface area contributed by atoms with Crippen molar-refractivity contribution in [1.29, 1.82) is 5.26 Å². The lowest BCUT2D eigenvalue weighted by atomic mass is 9.83. The van der Waals surface area contributed by atoms with Crippen molar-refractivity contribution in [1.82, 2.24) is 14.8 Å². The van der Waals surface area contributed by atoms with Crippen LogP contribution < -0.4 is 15.6 Å². The molecule has 2 bridgehead atoms. The van der Waals surface area contributed by atoms with Crippen LogP contribution in [0.4, 0.5) is 4.79 Å². The Balaban J connectivity index is 1.45. The van der Waals surface area contributed by atoms with Crippen LogP contribution in [0.5, 0.6) is 5.75 Å². The van der Waals surface area contributed by atoms with Crippen molar-refractivity contribution in [3.8, 4) is 11.8 Å². The second kappa shape index (κ2) is 8.48. The van der Waals surface area contributed by atoms with Gasteiger partial charge in [-0.2, -0.15) is 5.26 Å². The fourth-order valence-electron chi connectivity index (χ4n) is 4.32. The Labute approximate surface area is 179 Å². The number of urea groups is 1. The van der Waals surface area contributed by atoms with Crippen LogP contribution in [0.1, 0.15) is 23.6 Å². The molecule has 1 fully saturated rings. The number of hydrogen-bond donors (Lipinski definition) is 1. The van der Waals surface area contributed by atoms with Crippen LogP contribution in [-0.2, 0) is 11.3 Å². The molecule has 31 heavy (non-hydrogen) atoms. The Morgan fingerprint density at radius 1 is 1.16 bits per heavy atom. The van der Waals surface area contributed by atoms with E-state index >= 15 is 0 Å². The third-order valence-electron chi connectivity index (χ3n) is 5.78. The van der Waals surface area contributed by atoms with Gasteiger partial charge < -0.3 is 14.2 Å². The van der Waals surface area contributed by atoms with Gasteiger partial charge in [-0.25, -0.2) is 4.79 Å². The molecule has 2 atom stereocenters. The number of imide groups is 1. The van der Waals surface area contributed by atoms with E-state index in [0.717, 1.165) is 12.1 Å². The maximum Gasteiger partial charge on any atom is 0.324 e. The van der Waals surface area contributed by atoms with E-state index in [1.807, 2.05) is 12.1 Å². The van der Waals surface area contributed by atoms with Crippen molar-refractivity contribution < 1.29 is 14.3 Å². The summed E-state index contributed by atoms with van der Waals surface area (Å²) >= 11 is 0. The van der Waals surface area contributed by atoms with E-state index < -0.39 is 11.9 Å². The van der Waals surface area contributed by atoms with Crippen LogP contribution in [0.15, 0.2) is 52.8 Å². The number of piperidine rings is 1. The topological polar surface area (TPSA) is 104 Å². The van der Waals surface area contributed by atoms with Crippen molar-refractivity contribution in [2.24, 2.45) is 5.92 Å². The number of nitrogens with one attached hydrogen (secondary N) is 1. The van der Waals surface area contributed by atoms with Crippen LogP contribution in [0.2, 0.25) is 0 Å². The lowest BCUT2D eigenvalue weighted by molar-refractivity contribution is -0.116. The number of aromatic nitrogens is 1. The number of carbonyl (C=O) groups is 2. The number of benzene rings is 1. The minimum absolute atomic E-state index is 0.0254. The maximum absolute atomic E-state index is 12.7. The highest BCUT2D eigenvalue weighted by molar-refractivity contribution is 6.08. The highest BCUT2D eigenvalue weighted by Gasteiger charge is 2.36. The summed E-state index contributed by atoms with van der Waals surface area (Å²) in [5.74, 6) is 0.121. The third-order valence-corrected chi connectivity index (χ3v) is 5.78. The van der Waals surface area contributed by atoms with Crippen LogP contribution in [-0.4, -0.2) is 41.6 Å². The molecule has 3 heterocycles. The van der Waals surface area contributed by atoms with Crippen LogP contribution in [0.3, 0.4) is 0 Å². The van der Waals surface area contributed by atoms with E-state index in [-0.39, 0.29) is 23.0 Å². The summed E-state index contributed by atoms with van der Waals surface area (Å²) in [4.78, 5) is 39.0. The molecule has 4 rings (SSSR count). The maximum atomic E-state index is 12.7. The van der Waals surface area contributed by atoms with Gasteiger partial charge in [-0.3, -0.25) is 14.9 Å². The number of pyridine rings is 1.